The smallest absolute Gasteiger partial charge is 0.160 e. The molecule has 8 heteroatoms. The number of nitrogen functional groups attached to an aromatic ring is 2. The van der Waals surface area contributed by atoms with E-state index in [1.165, 1.54) is 0 Å². The van der Waals surface area contributed by atoms with Gasteiger partial charge in [-0.05, 0) is 28.1 Å². The maximum absolute atomic E-state index is 12.4. The molecule has 110 valence electrons. The van der Waals surface area contributed by atoms with Gasteiger partial charge in [-0.2, -0.15) is 5.26 Å². The van der Waals surface area contributed by atoms with Crippen molar-refractivity contribution in [1.29, 1.82) is 5.26 Å². The van der Waals surface area contributed by atoms with Gasteiger partial charge in [-0.1, -0.05) is 0 Å². The van der Waals surface area contributed by atoms with Crippen molar-refractivity contribution in [2.75, 3.05) is 11.5 Å². The lowest BCUT2D eigenvalue weighted by molar-refractivity contribution is 0.508. The molecule has 0 aliphatic rings. The molecule has 0 bridgehead atoms. The van der Waals surface area contributed by atoms with Gasteiger partial charge in [0.05, 0.1) is 11.3 Å². The van der Waals surface area contributed by atoms with E-state index in [9.17, 15) is 17.6 Å². The number of halogens is 5. The van der Waals surface area contributed by atoms with E-state index in [0.29, 0.717) is 4.47 Å². The molecule has 0 saturated heterocycles. The van der Waals surface area contributed by atoms with Crippen molar-refractivity contribution in [2.24, 2.45) is 0 Å². The molecule has 21 heavy (non-hydrogen) atoms. The van der Waals surface area contributed by atoms with Gasteiger partial charge in [0.15, 0.2) is 23.3 Å². The van der Waals surface area contributed by atoms with Crippen molar-refractivity contribution in [3.05, 3.63) is 57.6 Å². The van der Waals surface area contributed by atoms with Crippen LogP contribution in [-0.2, 0) is 0 Å². The number of benzene rings is 2. The third-order valence-electron chi connectivity index (χ3n) is 2.25. The predicted molar refractivity (Wildman–Crippen MR) is 74.0 cm³/mol. The zero-order valence-electron chi connectivity index (χ0n) is 10.3. The maximum atomic E-state index is 12.4. The summed E-state index contributed by atoms with van der Waals surface area (Å²) in [6, 6.07) is 5.11. The van der Waals surface area contributed by atoms with Crippen LogP contribution in [-0.4, -0.2) is 0 Å². The van der Waals surface area contributed by atoms with E-state index in [0.717, 1.165) is 24.3 Å². The first-order valence-electron chi connectivity index (χ1n) is 5.31. The fourth-order valence-electron chi connectivity index (χ4n) is 1.20. The third-order valence-corrected chi connectivity index (χ3v) is 2.94. The molecule has 0 amide bonds. The minimum Gasteiger partial charge on any atom is -0.398 e. The summed E-state index contributed by atoms with van der Waals surface area (Å²) >= 11 is 2.95. The van der Waals surface area contributed by atoms with Crippen molar-refractivity contribution >= 4 is 27.3 Å². The number of anilines is 2. The van der Waals surface area contributed by atoms with Crippen molar-refractivity contribution in [3.8, 4) is 6.07 Å². The highest BCUT2D eigenvalue weighted by Crippen LogP contribution is 2.21. The second kappa shape index (κ2) is 6.95. The monoisotopic (exact) mass is 361 g/mol. The van der Waals surface area contributed by atoms with Crippen LogP contribution in [0.4, 0.5) is 28.9 Å². The van der Waals surface area contributed by atoms with Crippen LogP contribution in [0.1, 0.15) is 5.56 Å². The topological polar surface area (TPSA) is 75.8 Å². The summed E-state index contributed by atoms with van der Waals surface area (Å²) in [4.78, 5) is 0. The van der Waals surface area contributed by atoms with Gasteiger partial charge in [-0.3, -0.25) is 0 Å². The van der Waals surface area contributed by atoms with Gasteiger partial charge in [0.2, 0.25) is 0 Å². The molecule has 4 N–H and O–H groups in total. The van der Waals surface area contributed by atoms with E-state index in [4.69, 9.17) is 16.7 Å². The van der Waals surface area contributed by atoms with E-state index in [-0.39, 0.29) is 16.9 Å². The maximum Gasteiger partial charge on any atom is 0.160 e. The van der Waals surface area contributed by atoms with E-state index >= 15 is 0 Å². The Bertz CT molecular complexity index is 663. The molecular formula is C13H8BrF4N3. The van der Waals surface area contributed by atoms with Gasteiger partial charge in [0.1, 0.15) is 6.07 Å². The van der Waals surface area contributed by atoms with Crippen LogP contribution in [0.3, 0.4) is 0 Å². The third kappa shape index (κ3) is 4.36. The molecule has 0 heterocycles. The molecule has 2 rings (SSSR count). The van der Waals surface area contributed by atoms with Crippen LogP contribution >= 0.6 is 15.9 Å². The number of hydrogen-bond acceptors (Lipinski definition) is 3. The zero-order valence-corrected chi connectivity index (χ0v) is 11.9. The number of nitrogens with two attached hydrogens (primary N) is 2. The molecule has 0 radical (unpaired) electrons. The summed E-state index contributed by atoms with van der Waals surface area (Å²) in [5.41, 5.74) is 10.5. The van der Waals surface area contributed by atoms with Gasteiger partial charge in [0.25, 0.3) is 0 Å². The van der Waals surface area contributed by atoms with E-state index in [1.54, 1.807) is 6.07 Å². The Morgan fingerprint density at radius 2 is 1.24 bits per heavy atom. The second-order valence-corrected chi connectivity index (χ2v) is 4.61. The molecule has 0 aromatic heterocycles. The summed E-state index contributed by atoms with van der Waals surface area (Å²) in [6.45, 7) is 0. The van der Waals surface area contributed by atoms with E-state index in [2.05, 4.69) is 15.9 Å². The number of rotatable bonds is 0. The van der Waals surface area contributed by atoms with Crippen LogP contribution in [0.2, 0.25) is 0 Å². The lowest BCUT2D eigenvalue weighted by atomic mass is 10.2. The number of hydrogen-bond donors (Lipinski definition) is 2. The summed E-state index contributed by atoms with van der Waals surface area (Å²) < 4.78 is 49.6. The molecule has 3 nitrogen and oxygen atoms in total. The SMILES string of the molecule is N#Cc1cc(F)c(F)cc1N.Nc1cc(F)c(F)cc1Br. The van der Waals surface area contributed by atoms with Gasteiger partial charge in [0, 0.05) is 22.3 Å². The van der Waals surface area contributed by atoms with Crippen molar-refractivity contribution in [2.45, 2.75) is 0 Å². The lowest BCUT2D eigenvalue weighted by Gasteiger charge is -1.97. The average molecular weight is 362 g/mol. The van der Waals surface area contributed by atoms with E-state index < -0.39 is 23.3 Å². The lowest BCUT2D eigenvalue weighted by Crippen LogP contribution is -1.94. The number of nitriles is 1. The molecule has 0 saturated carbocycles. The fraction of sp³-hybridized carbons (Fsp3) is 0. The largest absolute Gasteiger partial charge is 0.398 e. The molecule has 0 aliphatic carbocycles. The summed E-state index contributed by atoms with van der Waals surface area (Å²) in [7, 11) is 0. The highest BCUT2D eigenvalue weighted by molar-refractivity contribution is 9.10. The molecule has 0 spiro atoms. The minimum atomic E-state index is -1.06. The normalized spacial score (nSPS) is 9.52. The summed E-state index contributed by atoms with van der Waals surface area (Å²) in [5.74, 6) is -3.93. The van der Waals surface area contributed by atoms with Crippen molar-refractivity contribution in [1.82, 2.24) is 0 Å². The van der Waals surface area contributed by atoms with Gasteiger partial charge in [-0.15, -0.1) is 0 Å². The summed E-state index contributed by atoms with van der Waals surface area (Å²) in [5, 5.41) is 8.31. The average Bonchev–Trinajstić information content (AvgIpc) is 2.41. The van der Waals surface area contributed by atoms with Crippen LogP contribution in [0.25, 0.3) is 0 Å². The Morgan fingerprint density at radius 3 is 1.71 bits per heavy atom. The van der Waals surface area contributed by atoms with Crippen LogP contribution < -0.4 is 11.5 Å². The summed E-state index contributed by atoms with van der Waals surface area (Å²) in [6.07, 6.45) is 0. The fourth-order valence-corrected chi connectivity index (χ4v) is 1.51. The first-order chi connectivity index (χ1) is 9.76. The van der Waals surface area contributed by atoms with Crippen LogP contribution in [0, 0.1) is 34.6 Å². The van der Waals surface area contributed by atoms with Gasteiger partial charge in [-0.25, -0.2) is 17.6 Å². The molecular weight excluding hydrogens is 354 g/mol. The van der Waals surface area contributed by atoms with Crippen LogP contribution in [0.15, 0.2) is 28.7 Å². The van der Waals surface area contributed by atoms with Crippen molar-refractivity contribution in [3.63, 3.8) is 0 Å². The molecule has 0 atom stereocenters. The predicted octanol–water partition coefficient (Wildman–Crippen LogP) is 3.73. The van der Waals surface area contributed by atoms with E-state index in [1.807, 2.05) is 0 Å². The Balaban J connectivity index is 0.000000211. The quantitative estimate of drug-likeness (QED) is 0.426. The highest BCUT2D eigenvalue weighted by Gasteiger charge is 2.06. The Kier molecular flexibility index (Phi) is 5.55. The first kappa shape index (κ1) is 16.8. The second-order valence-electron chi connectivity index (χ2n) is 3.75. The zero-order chi connectivity index (χ0) is 16.2. The Hall–Kier alpha value is -2.27. The molecule has 2 aromatic rings. The minimum absolute atomic E-state index is 0.0496. The Labute approximate surface area is 125 Å². The standard InChI is InChI=1S/C7H4F2N2.C6H4BrF2N/c8-5-1-4(3-10)7(11)2-6(5)9;7-3-1-4(8)5(9)2-6(3)10/h1-2H,11H2;1-2H,10H2. The molecule has 0 fully saturated rings. The van der Waals surface area contributed by atoms with Gasteiger partial charge < -0.3 is 11.5 Å². The first-order valence-corrected chi connectivity index (χ1v) is 6.10. The van der Waals surface area contributed by atoms with Crippen LogP contribution in [0.5, 0.6) is 0 Å². The Morgan fingerprint density at radius 1 is 0.810 bits per heavy atom. The molecule has 2 aromatic carbocycles. The number of nitrogens with zero attached hydrogens (tertiary/aromatic N) is 1. The highest BCUT2D eigenvalue weighted by atomic mass is 79.9. The molecule has 0 aliphatic heterocycles. The van der Waals surface area contributed by atoms with Gasteiger partial charge >= 0.3 is 0 Å². The molecule has 0 unspecified atom stereocenters. The van der Waals surface area contributed by atoms with Crippen molar-refractivity contribution < 1.29 is 17.6 Å².